The van der Waals surface area contributed by atoms with E-state index in [9.17, 15) is 0 Å². The van der Waals surface area contributed by atoms with Crippen LogP contribution in [0.1, 0.15) is 56.5 Å². The molecule has 2 rings (SSSR count). The zero-order valence-corrected chi connectivity index (χ0v) is 13.3. The molecule has 114 valence electrons. The monoisotopic (exact) mass is 289 g/mol. The molecule has 0 saturated heterocycles. The molecule has 0 aliphatic rings. The van der Waals surface area contributed by atoms with Crippen LogP contribution < -0.4 is 10.5 Å². The van der Waals surface area contributed by atoms with Crippen LogP contribution in [0.15, 0.2) is 22.7 Å². The fraction of sp³-hybridized carbons (Fsp3) is 0.500. The first-order valence-electron chi connectivity index (χ1n) is 7.12. The summed E-state index contributed by atoms with van der Waals surface area (Å²) in [5.74, 6) is 2.16. The molecule has 0 aliphatic heterocycles. The highest BCUT2D eigenvalue weighted by Gasteiger charge is 2.21. The zero-order chi connectivity index (χ0) is 15.6. The molecule has 0 spiro atoms. The number of nitrogens with zero attached hydrogens (tertiary/aromatic N) is 2. The minimum absolute atomic E-state index is 0.242. The average molecular weight is 289 g/mol. The standard InChI is InChI=1S/C16H23N3O2/c1-10(2)12-7-6-11(3)8-13(12)20-9-14-18-15(19-21-14)16(4,5)17/h6-8,10H,9,17H2,1-5H3. The minimum Gasteiger partial charge on any atom is -0.483 e. The molecular weight excluding hydrogens is 266 g/mol. The molecule has 0 bridgehead atoms. The van der Waals surface area contributed by atoms with E-state index in [1.54, 1.807) is 0 Å². The second kappa shape index (κ2) is 5.85. The molecular formula is C16H23N3O2. The topological polar surface area (TPSA) is 74.2 Å². The number of aryl methyl sites for hydroxylation is 1. The van der Waals surface area contributed by atoms with Crippen LogP contribution in [0.4, 0.5) is 0 Å². The second-order valence-electron chi connectivity index (χ2n) is 6.22. The van der Waals surface area contributed by atoms with E-state index >= 15 is 0 Å². The lowest BCUT2D eigenvalue weighted by molar-refractivity contribution is 0.239. The van der Waals surface area contributed by atoms with E-state index in [-0.39, 0.29) is 6.61 Å². The van der Waals surface area contributed by atoms with Gasteiger partial charge in [0.25, 0.3) is 5.89 Å². The van der Waals surface area contributed by atoms with Gasteiger partial charge in [0.1, 0.15) is 5.75 Å². The van der Waals surface area contributed by atoms with Gasteiger partial charge in [0.2, 0.25) is 0 Å². The lowest BCUT2D eigenvalue weighted by Crippen LogP contribution is -2.30. The van der Waals surface area contributed by atoms with Crippen molar-refractivity contribution in [2.75, 3.05) is 0 Å². The third kappa shape index (κ3) is 3.82. The van der Waals surface area contributed by atoms with E-state index in [2.05, 4.69) is 36.1 Å². The van der Waals surface area contributed by atoms with Gasteiger partial charge in [-0.15, -0.1) is 0 Å². The molecule has 21 heavy (non-hydrogen) atoms. The molecule has 1 aromatic heterocycles. The molecule has 0 atom stereocenters. The van der Waals surface area contributed by atoms with E-state index in [1.807, 2.05) is 26.8 Å². The Balaban J connectivity index is 2.13. The summed E-state index contributed by atoms with van der Waals surface area (Å²) >= 11 is 0. The van der Waals surface area contributed by atoms with E-state index < -0.39 is 5.54 Å². The first-order chi connectivity index (χ1) is 9.77. The van der Waals surface area contributed by atoms with Crippen molar-refractivity contribution in [3.63, 3.8) is 0 Å². The predicted octanol–water partition coefficient (Wildman–Crippen LogP) is 3.27. The highest BCUT2D eigenvalue weighted by molar-refractivity contribution is 5.39. The van der Waals surface area contributed by atoms with Crippen LogP contribution in [0.5, 0.6) is 5.75 Å². The maximum Gasteiger partial charge on any atom is 0.264 e. The molecule has 0 aliphatic carbocycles. The van der Waals surface area contributed by atoms with Crippen molar-refractivity contribution in [3.05, 3.63) is 41.0 Å². The summed E-state index contributed by atoms with van der Waals surface area (Å²) in [6.07, 6.45) is 0. The van der Waals surface area contributed by atoms with Gasteiger partial charge in [0, 0.05) is 0 Å². The van der Waals surface area contributed by atoms with Gasteiger partial charge in [-0.3, -0.25) is 0 Å². The summed E-state index contributed by atoms with van der Waals surface area (Å²) in [4.78, 5) is 4.27. The Labute approximate surface area is 125 Å². The first kappa shape index (κ1) is 15.5. The Hall–Kier alpha value is -1.88. The summed E-state index contributed by atoms with van der Waals surface area (Å²) in [6.45, 7) is 10.2. The maximum atomic E-state index is 5.94. The Morgan fingerprint density at radius 2 is 2.05 bits per heavy atom. The van der Waals surface area contributed by atoms with Crippen LogP contribution in [0.25, 0.3) is 0 Å². The lowest BCUT2D eigenvalue weighted by Gasteiger charge is -2.13. The number of hydrogen-bond donors (Lipinski definition) is 1. The fourth-order valence-corrected chi connectivity index (χ4v) is 1.96. The van der Waals surface area contributed by atoms with Gasteiger partial charge in [-0.1, -0.05) is 31.1 Å². The quantitative estimate of drug-likeness (QED) is 0.914. The summed E-state index contributed by atoms with van der Waals surface area (Å²) in [5.41, 5.74) is 7.64. The van der Waals surface area contributed by atoms with Crippen molar-refractivity contribution < 1.29 is 9.26 Å². The molecule has 0 unspecified atom stereocenters. The minimum atomic E-state index is -0.617. The Bertz CT molecular complexity index is 612. The summed E-state index contributed by atoms with van der Waals surface area (Å²) in [6, 6.07) is 6.21. The van der Waals surface area contributed by atoms with Crippen molar-refractivity contribution in [3.8, 4) is 5.75 Å². The van der Waals surface area contributed by atoms with E-state index in [4.69, 9.17) is 15.0 Å². The van der Waals surface area contributed by atoms with Gasteiger partial charge >= 0.3 is 0 Å². The van der Waals surface area contributed by atoms with Crippen LogP contribution in [0, 0.1) is 6.92 Å². The van der Waals surface area contributed by atoms with Gasteiger partial charge in [-0.25, -0.2) is 0 Å². The van der Waals surface area contributed by atoms with Crippen molar-refractivity contribution in [1.82, 2.24) is 10.1 Å². The average Bonchev–Trinajstić information content (AvgIpc) is 2.84. The third-order valence-corrected chi connectivity index (χ3v) is 3.19. The van der Waals surface area contributed by atoms with Gasteiger partial charge < -0.3 is 15.0 Å². The molecule has 2 aromatic rings. The van der Waals surface area contributed by atoms with Gasteiger partial charge in [-0.2, -0.15) is 4.98 Å². The third-order valence-electron chi connectivity index (χ3n) is 3.19. The van der Waals surface area contributed by atoms with Crippen LogP contribution in [0.2, 0.25) is 0 Å². The van der Waals surface area contributed by atoms with Crippen molar-refractivity contribution >= 4 is 0 Å². The second-order valence-corrected chi connectivity index (χ2v) is 6.22. The maximum absolute atomic E-state index is 5.94. The molecule has 0 fully saturated rings. The smallest absolute Gasteiger partial charge is 0.264 e. The van der Waals surface area contributed by atoms with E-state index in [0.717, 1.165) is 11.3 Å². The molecule has 0 saturated carbocycles. The Morgan fingerprint density at radius 3 is 2.62 bits per heavy atom. The number of benzene rings is 1. The van der Waals surface area contributed by atoms with Crippen LogP contribution in [0.3, 0.4) is 0 Å². The van der Waals surface area contributed by atoms with Gasteiger partial charge in [0.05, 0.1) is 5.54 Å². The molecule has 1 aromatic carbocycles. The normalized spacial score (nSPS) is 12.0. The lowest BCUT2D eigenvalue weighted by atomic mass is 10.0. The zero-order valence-electron chi connectivity index (χ0n) is 13.3. The Morgan fingerprint density at radius 1 is 1.33 bits per heavy atom. The predicted molar refractivity (Wildman–Crippen MR) is 81.1 cm³/mol. The Kier molecular flexibility index (Phi) is 4.32. The molecule has 5 heteroatoms. The summed E-state index contributed by atoms with van der Waals surface area (Å²) in [5, 5.41) is 3.88. The molecule has 1 heterocycles. The fourth-order valence-electron chi connectivity index (χ4n) is 1.96. The SMILES string of the molecule is Cc1ccc(C(C)C)c(OCc2nc(C(C)(C)N)no2)c1. The summed E-state index contributed by atoms with van der Waals surface area (Å²) in [7, 11) is 0. The number of rotatable bonds is 5. The van der Waals surface area contributed by atoms with Gasteiger partial charge in [0.15, 0.2) is 12.4 Å². The van der Waals surface area contributed by atoms with Crippen LogP contribution >= 0.6 is 0 Å². The van der Waals surface area contributed by atoms with E-state index in [0.29, 0.717) is 17.6 Å². The van der Waals surface area contributed by atoms with Crippen molar-refractivity contribution in [1.29, 1.82) is 0 Å². The molecule has 0 amide bonds. The summed E-state index contributed by atoms with van der Waals surface area (Å²) < 4.78 is 11.0. The highest BCUT2D eigenvalue weighted by Crippen LogP contribution is 2.28. The van der Waals surface area contributed by atoms with Crippen LogP contribution in [-0.2, 0) is 12.1 Å². The first-order valence-corrected chi connectivity index (χ1v) is 7.12. The molecule has 2 N–H and O–H groups in total. The number of nitrogens with two attached hydrogens (primary N) is 1. The van der Waals surface area contributed by atoms with Crippen LogP contribution in [-0.4, -0.2) is 10.1 Å². The highest BCUT2D eigenvalue weighted by atomic mass is 16.5. The van der Waals surface area contributed by atoms with Crippen molar-refractivity contribution in [2.45, 2.75) is 52.7 Å². The largest absolute Gasteiger partial charge is 0.483 e. The molecule has 5 nitrogen and oxygen atoms in total. The van der Waals surface area contributed by atoms with Gasteiger partial charge in [-0.05, 0) is 43.9 Å². The number of ether oxygens (including phenoxy) is 1. The van der Waals surface area contributed by atoms with E-state index in [1.165, 1.54) is 5.56 Å². The van der Waals surface area contributed by atoms with Crippen molar-refractivity contribution in [2.24, 2.45) is 5.73 Å². The number of aromatic nitrogens is 2. The number of hydrogen-bond acceptors (Lipinski definition) is 5. The molecule has 0 radical (unpaired) electrons.